The number of nitrogens with one attached hydrogen (secondary N) is 1. The maximum absolute atomic E-state index is 12.4. The van der Waals surface area contributed by atoms with Gasteiger partial charge in [0.15, 0.2) is 0 Å². The molecule has 6 nitrogen and oxygen atoms in total. The number of hydrogen-bond donors (Lipinski definition) is 1. The van der Waals surface area contributed by atoms with Gasteiger partial charge >= 0.3 is 6.09 Å². The Kier molecular flexibility index (Phi) is 6.72. The van der Waals surface area contributed by atoms with Crippen molar-refractivity contribution in [2.24, 2.45) is 0 Å². The zero-order valence-corrected chi connectivity index (χ0v) is 16.5. The van der Waals surface area contributed by atoms with Crippen LogP contribution in [-0.4, -0.2) is 61.1 Å². The van der Waals surface area contributed by atoms with Crippen LogP contribution in [0.3, 0.4) is 0 Å². The van der Waals surface area contributed by atoms with Gasteiger partial charge in [0.1, 0.15) is 0 Å². The van der Waals surface area contributed by atoms with E-state index >= 15 is 0 Å². The van der Waals surface area contributed by atoms with Crippen LogP contribution >= 0.6 is 0 Å². The van der Waals surface area contributed by atoms with E-state index in [2.05, 4.69) is 28.4 Å². The lowest BCUT2D eigenvalue weighted by molar-refractivity contribution is -0.123. The molecule has 1 unspecified atom stereocenters. The van der Waals surface area contributed by atoms with Crippen molar-refractivity contribution in [1.82, 2.24) is 15.1 Å². The molecule has 1 atom stereocenters. The van der Waals surface area contributed by atoms with Crippen molar-refractivity contribution in [1.29, 1.82) is 0 Å². The van der Waals surface area contributed by atoms with E-state index in [0.717, 1.165) is 6.42 Å². The van der Waals surface area contributed by atoms with Gasteiger partial charge in [-0.1, -0.05) is 18.2 Å². The first-order chi connectivity index (χ1) is 13.1. The Morgan fingerprint density at radius 1 is 1.11 bits per heavy atom. The number of fused-ring (bicyclic) bond motifs is 1. The van der Waals surface area contributed by atoms with Crippen LogP contribution in [0, 0.1) is 0 Å². The molecule has 6 heteroatoms. The third kappa shape index (κ3) is 5.22. The summed E-state index contributed by atoms with van der Waals surface area (Å²) in [5, 5.41) is 3.12. The Morgan fingerprint density at radius 2 is 1.81 bits per heavy atom. The summed E-state index contributed by atoms with van der Waals surface area (Å²) in [6.07, 6.45) is 4.60. The number of carbonyl (C=O) groups is 2. The molecule has 1 aliphatic heterocycles. The van der Waals surface area contributed by atoms with E-state index < -0.39 is 0 Å². The monoisotopic (exact) mass is 373 g/mol. The minimum absolute atomic E-state index is 0.00514. The molecule has 148 valence electrons. The van der Waals surface area contributed by atoms with Crippen LogP contribution in [0.1, 0.15) is 49.4 Å². The van der Waals surface area contributed by atoms with Crippen molar-refractivity contribution in [2.75, 3.05) is 39.3 Å². The normalized spacial score (nSPS) is 18.5. The average molecular weight is 373 g/mol. The van der Waals surface area contributed by atoms with Crippen LogP contribution in [0.5, 0.6) is 0 Å². The topological polar surface area (TPSA) is 61.9 Å². The highest BCUT2D eigenvalue weighted by Crippen LogP contribution is 2.24. The summed E-state index contributed by atoms with van der Waals surface area (Å²) in [5.74, 6) is 0.0322. The number of amides is 2. The zero-order chi connectivity index (χ0) is 19.2. The van der Waals surface area contributed by atoms with Gasteiger partial charge in [0.2, 0.25) is 5.91 Å². The van der Waals surface area contributed by atoms with E-state index in [0.29, 0.717) is 39.3 Å². The molecule has 1 heterocycles. The highest BCUT2D eigenvalue weighted by molar-refractivity contribution is 5.78. The Balaban J connectivity index is 1.46. The SMILES string of the molecule is CCOC(=O)N1CCN(CC(=O)NC(C)c2ccc3c(c2)CCCC3)CC1. The second kappa shape index (κ2) is 9.22. The van der Waals surface area contributed by atoms with Gasteiger partial charge in [-0.25, -0.2) is 4.79 Å². The van der Waals surface area contributed by atoms with Crippen molar-refractivity contribution < 1.29 is 14.3 Å². The molecule has 1 aromatic carbocycles. The number of ether oxygens (including phenoxy) is 1. The molecule has 0 aromatic heterocycles. The fraction of sp³-hybridized carbons (Fsp3) is 0.619. The number of nitrogens with zero attached hydrogens (tertiary/aromatic N) is 2. The summed E-state index contributed by atoms with van der Waals surface area (Å²) in [6, 6.07) is 6.64. The smallest absolute Gasteiger partial charge is 0.409 e. The van der Waals surface area contributed by atoms with Gasteiger partial charge in [-0.15, -0.1) is 0 Å². The summed E-state index contributed by atoms with van der Waals surface area (Å²) in [6.45, 7) is 7.20. The number of hydrogen-bond acceptors (Lipinski definition) is 4. The Bertz CT molecular complexity index is 669. The molecule has 1 saturated heterocycles. The van der Waals surface area contributed by atoms with Crippen molar-refractivity contribution in [3.8, 4) is 0 Å². The third-order valence-corrected chi connectivity index (χ3v) is 5.52. The molecule has 0 spiro atoms. The maximum Gasteiger partial charge on any atom is 0.409 e. The number of benzene rings is 1. The van der Waals surface area contributed by atoms with Crippen molar-refractivity contribution in [3.05, 3.63) is 34.9 Å². The Labute approximate surface area is 161 Å². The minimum Gasteiger partial charge on any atom is -0.450 e. The van der Waals surface area contributed by atoms with E-state index in [-0.39, 0.29) is 18.0 Å². The van der Waals surface area contributed by atoms with Gasteiger partial charge in [0.05, 0.1) is 19.2 Å². The first-order valence-electron chi connectivity index (χ1n) is 10.1. The van der Waals surface area contributed by atoms with Crippen molar-refractivity contribution in [3.63, 3.8) is 0 Å². The number of piperazine rings is 1. The summed E-state index contributed by atoms with van der Waals surface area (Å²) in [4.78, 5) is 28.0. The summed E-state index contributed by atoms with van der Waals surface area (Å²) in [5.41, 5.74) is 4.08. The molecular formula is C21H31N3O3. The zero-order valence-electron chi connectivity index (χ0n) is 16.5. The molecule has 0 bridgehead atoms. The molecule has 1 aliphatic carbocycles. The largest absolute Gasteiger partial charge is 0.450 e. The molecule has 0 radical (unpaired) electrons. The van der Waals surface area contributed by atoms with E-state index in [9.17, 15) is 9.59 Å². The van der Waals surface area contributed by atoms with E-state index in [1.165, 1.54) is 36.0 Å². The van der Waals surface area contributed by atoms with Crippen LogP contribution in [0.2, 0.25) is 0 Å². The summed E-state index contributed by atoms with van der Waals surface area (Å²) < 4.78 is 5.03. The molecular weight excluding hydrogens is 342 g/mol. The predicted octanol–water partition coefficient (Wildman–Crippen LogP) is 2.52. The first kappa shape index (κ1) is 19.7. The average Bonchev–Trinajstić information content (AvgIpc) is 2.68. The van der Waals surface area contributed by atoms with Crippen LogP contribution in [-0.2, 0) is 22.4 Å². The molecule has 2 amide bonds. The number of rotatable bonds is 5. The fourth-order valence-electron chi connectivity index (χ4n) is 3.90. The quantitative estimate of drug-likeness (QED) is 0.862. The third-order valence-electron chi connectivity index (χ3n) is 5.52. The fourth-order valence-corrected chi connectivity index (χ4v) is 3.90. The van der Waals surface area contributed by atoms with E-state index in [4.69, 9.17) is 4.74 Å². The number of carbonyl (C=O) groups excluding carboxylic acids is 2. The molecule has 1 N–H and O–H groups in total. The van der Waals surface area contributed by atoms with Gasteiger partial charge in [-0.05, 0) is 56.2 Å². The molecule has 3 rings (SSSR count). The molecule has 0 saturated carbocycles. The van der Waals surface area contributed by atoms with Crippen molar-refractivity contribution >= 4 is 12.0 Å². The summed E-state index contributed by atoms with van der Waals surface area (Å²) >= 11 is 0. The molecule has 27 heavy (non-hydrogen) atoms. The van der Waals surface area contributed by atoms with E-state index in [1.807, 2.05) is 13.8 Å². The molecule has 2 aliphatic rings. The highest BCUT2D eigenvalue weighted by atomic mass is 16.6. The molecule has 1 aromatic rings. The second-order valence-electron chi connectivity index (χ2n) is 7.49. The first-order valence-corrected chi connectivity index (χ1v) is 10.1. The lowest BCUT2D eigenvalue weighted by Gasteiger charge is -2.33. The highest BCUT2D eigenvalue weighted by Gasteiger charge is 2.23. The lowest BCUT2D eigenvalue weighted by atomic mass is 9.89. The van der Waals surface area contributed by atoms with Crippen molar-refractivity contribution in [2.45, 2.75) is 45.6 Å². The second-order valence-corrected chi connectivity index (χ2v) is 7.49. The maximum atomic E-state index is 12.4. The van der Waals surface area contributed by atoms with Crippen LogP contribution in [0.25, 0.3) is 0 Å². The van der Waals surface area contributed by atoms with Crippen LogP contribution < -0.4 is 5.32 Å². The standard InChI is InChI=1S/C21H31N3O3/c1-3-27-21(26)24-12-10-23(11-13-24)15-20(25)22-16(2)18-9-8-17-6-4-5-7-19(17)14-18/h8-9,14,16H,3-7,10-13,15H2,1-2H3,(H,22,25). The van der Waals surface area contributed by atoms with Crippen LogP contribution in [0.4, 0.5) is 4.79 Å². The van der Waals surface area contributed by atoms with Gasteiger partial charge in [-0.2, -0.15) is 0 Å². The number of aryl methyl sites for hydroxylation is 2. The van der Waals surface area contributed by atoms with E-state index in [1.54, 1.807) is 4.90 Å². The predicted molar refractivity (Wildman–Crippen MR) is 105 cm³/mol. The Hall–Kier alpha value is -2.08. The summed E-state index contributed by atoms with van der Waals surface area (Å²) in [7, 11) is 0. The van der Waals surface area contributed by atoms with Gasteiger partial charge in [0, 0.05) is 26.2 Å². The van der Waals surface area contributed by atoms with Gasteiger partial charge in [0.25, 0.3) is 0 Å². The van der Waals surface area contributed by atoms with Gasteiger partial charge < -0.3 is 15.0 Å². The van der Waals surface area contributed by atoms with Gasteiger partial charge in [-0.3, -0.25) is 9.69 Å². The minimum atomic E-state index is -0.261. The molecule has 1 fully saturated rings. The lowest BCUT2D eigenvalue weighted by Crippen LogP contribution is -2.51. The van der Waals surface area contributed by atoms with Crippen LogP contribution in [0.15, 0.2) is 18.2 Å². The Morgan fingerprint density at radius 3 is 2.52 bits per heavy atom.